The average molecular weight is 213 g/mol. The van der Waals surface area contributed by atoms with Crippen LogP contribution < -0.4 is 0 Å². The molecule has 0 aliphatic heterocycles. The zero-order valence-electron chi connectivity index (χ0n) is 10.3. The van der Waals surface area contributed by atoms with Crippen LogP contribution >= 0.6 is 0 Å². The van der Waals surface area contributed by atoms with E-state index in [0.717, 1.165) is 5.92 Å². The molecule has 2 atom stereocenters. The van der Waals surface area contributed by atoms with Crippen LogP contribution in [0.3, 0.4) is 0 Å². The number of hydrogen-bond acceptors (Lipinski definition) is 1. The minimum atomic E-state index is 0.325. The van der Waals surface area contributed by atoms with Crippen molar-refractivity contribution < 1.29 is 0 Å². The van der Waals surface area contributed by atoms with Crippen molar-refractivity contribution >= 4 is 5.57 Å². The minimum absolute atomic E-state index is 0.325. The predicted octanol–water partition coefficient (Wildman–Crippen LogP) is 3.92. The van der Waals surface area contributed by atoms with Crippen LogP contribution in [0.4, 0.5) is 0 Å². The maximum atomic E-state index is 4.52. The molecular weight excluding hydrogens is 194 g/mol. The van der Waals surface area contributed by atoms with Gasteiger partial charge in [0.25, 0.3) is 0 Å². The Balaban J connectivity index is 2.10. The van der Waals surface area contributed by atoms with Gasteiger partial charge in [-0.05, 0) is 47.3 Å². The van der Waals surface area contributed by atoms with E-state index >= 15 is 0 Å². The molecular formula is C15H19N. The molecule has 1 aromatic rings. The lowest BCUT2D eigenvalue weighted by Crippen LogP contribution is -2.29. The van der Waals surface area contributed by atoms with Gasteiger partial charge in [-0.2, -0.15) is 0 Å². The van der Waals surface area contributed by atoms with Crippen LogP contribution in [-0.4, -0.2) is 4.98 Å². The third-order valence-corrected chi connectivity index (χ3v) is 5.21. The van der Waals surface area contributed by atoms with Crippen LogP contribution in [-0.2, 0) is 0 Å². The third-order valence-electron chi connectivity index (χ3n) is 5.21. The molecule has 2 bridgehead atoms. The molecule has 0 aromatic carbocycles. The third kappa shape index (κ3) is 1.04. The van der Waals surface area contributed by atoms with Gasteiger partial charge in [0.05, 0.1) is 5.69 Å². The molecule has 2 aliphatic rings. The van der Waals surface area contributed by atoms with Gasteiger partial charge >= 0.3 is 0 Å². The van der Waals surface area contributed by atoms with Gasteiger partial charge < -0.3 is 0 Å². The molecule has 2 aliphatic carbocycles. The first-order chi connectivity index (χ1) is 7.56. The number of pyridine rings is 1. The topological polar surface area (TPSA) is 12.9 Å². The van der Waals surface area contributed by atoms with Crippen LogP contribution in [0.2, 0.25) is 0 Å². The lowest BCUT2D eigenvalue weighted by molar-refractivity contribution is 0.189. The Morgan fingerprint density at radius 3 is 2.56 bits per heavy atom. The van der Waals surface area contributed by atoms with Crippen molar-refractivity contribution in [2.45, 2.75) is 33.6 Å². The highest BCUT2D eigenvalue weighted by Crippen LogP contribution is 2.67. The second-order valence-corrected chi connectivity index (χ2v) is 5.99. The van der Waals surface area contributed by atoms with Gasteiger partial charge in [-0.25, -0.2) is 0 Å². The lowest BCUT2D eigenvalue weighted by atomic mass is 9.67. The fourth-order valence-electron chi connectivity index (χ4n) is 3.59. The van der Waals surface area contributed by atoms with Crippen LogP contribution in [0.15, 0.2) is 30.5 Å². The van der Waals surface area contributed by atoms with E-state index in [0.29, 0.717) is 10.8 Å². The molecule has 0 N–H and O–H groups in total. The second kappa shape index (κ2) is 2.97. The molecule has 0 unspecified atom stereocenters. The largest absolute Gasteiger partial charge is 0.257 e. The quantitative estimate of drug-likeness (QED) is 0.689. The standard InChI is InChI=1S/C15H19N/c1-14(2)11-7-8-15(14,3)12(10-11)13-6-4-5-9-16-13/h4-6,9-11H,7-8H2,1-3H3/t11-,15+/m1/s1. The number of rotatable bonds is 1. The molecule has 84 valence electrons. The van der Waals surface area contributed by atoms with Gasteiger partial charge in [0.2, 0.25) is 0 Å². The number of fused-ring (bicyclic) bond motifs is 2. The minimum Gasteiger partial charge on any atom is -0.257 e. The summed E-state index contributed by atoms with van der Waals surface area (Å²) in [5, 5.41) is 0. The first kappa shape index (κ1) is 10.1. The zero-order chi connectivity index (χ0) is 11.4. The Morgan fingerprint density at radius 2 is 2.06 bits per heavy atom. The molecule has 16 heavy (non-hydrogen) atoms. The first-order valence-corrected chi connectivity index (χ1v) is 6.19. The summed E-state index contributed by atoms with van der Waals surface area (Å²) in [5.74, 6) is 0.745. The molecule has 0 saturated heterocycles. The van der Waals surface area contributed by atoms with Crippen LogP contribution in [0.5, 0.6) is 0 Å². The highest BCUT2D eigenvalue weighted by Gasteiger charge is 2.57. The molecule has 1 saturated carbocycles. The smallest absolute Gasteiger partial charge is 0.0664 e. The molecule has 3 rings (SSSR count). The van der Waals surface area contributed by atoms with Crippen LogP contribution in [0.25, 0.3) is 5.57 Å². The number of aromatic nitrogens is 1. The summed E-state index contributed by atoms with van der Waals surface area (Å²) in [6, 6.07) is 6.23. The number of hydrogen-bond donors (Lipinski definition) is 0. The van der Waals surface area contributed by atoms with Crippen LogP contribution in [0.1, 0.15) is 39.3 Å². The van der Waals surface area contributed by atoms with E-state index in [2.05, 4.69) is 44.0 Å². The summed E-state index contributed by atoms with van der Waals surface area (Å²) in [4.78, 5) is 4.52. The normalized spacial score (nSPS) is 35.2. The summed E-state index contributed by atoms with van der Waals surface area (Å²) < 4.78 is 0. The number of nitrogens with zero attached hydrogens (tertiary/aromatic N) is 1. The van der Waals surface area contributed by atoms with Crippen molar-refractivity contribution in [1.29, 1.82) is 0 Å². The Morgan fingerprint density at radius 1 is 1.25 bits per heavy atom. The first-order valence-electron chi connectivity index (χ1n) is 6.19. The van der Waals surface area contributed by atoms with Gasteiger partial charge in [0.15, 0.2) is 0 Å². The fraction of sp³-hybridized carbons (Fsp3) is 0.533. The van der Waals surface area contributed by atoms with Crippen molar-refractivity contribution in [3.05, 3.63) is 36.2 Å². The molecule has 1 heteroatoms. The Hall–Kier alpha value is -1.11. The molecule has 0 radical (unpaired) electrons. The van der Waals surface area contributed by atoms with Gasteiger partial charge in [0, 0.05) is 6.20 Å². The molecule has 0 amide bonds. The Bertz CT molecular complexity index is 444. The highest BCUT2D eigenvalue weighted by atomic mass is 14.7. The van der Waals surface area contributed by atoms with Gasteiger partial charge in [-0.3, -0.25) is 4.98 Å². The van der Waals surface area contributed by atoms with E-state index in [1.165, 1.54) is 24.1 Å². The molecule has 1 fully saturated rings. The summed E-state index contributed by atoms with van der Waals surface area (Å²) >= 11 is 0. The van der Waals surface area contributed by atoms with E-state index in [9.17, 15) is 0 Å². The van der Waals surface area contributed by atoms with E-state index < -0.39 is 0 Å². The zero-order valence-corrected chi connectivity index (χ0v) is 10.3. The predicted molar refractivity (Wildman–Crippen MR) is 66.8 cm³/mol. The molecule has 1 aromatic heterocycles. The Labute approximate surface area is 97.6 Å². The van der Waals surface area contributed by atoms with Crippen molar-refractivity contribution in [1.82, 2.24) is 4.98 Å². The summed E-state index contributed by atoms with van der Waals surface area (Å²) in [5.41, 5.74) is 3.39. The summed E-state index contributed by atoms with van der Waals surface area (Å²) in [6.07, 6.45) is 7.04. The van der Waals surface area contributed by atoms with E-state index in [4.69, 9.17) is 0 Å². The van der Waals surface area contributed by atoms with Crippen molar-refractivity contribution in [2.75, 3.05) is 0 Å². The fourth-order valence-corrected chi connectivity index (χ4v) is 3.59. The van der Waals surface area contributed by atoms with E-state index in [-0.39, 0.29) is 0 Å². The van der Waals surface area contributed by atoms with Gasteiger partial charge in [0.1, 0.15) is 0 Å². The molecule has 1 heterocycles. The monoisotopic (exact) mass is 213 g/mol. The van der Waals surface area contributed by atoms with Gasteiger partial charge in [-0.1, -0.05) is 32.9 Å². The molecule has 1 nitrogen and oxygen atoms in total. The van der Waals surface area contributed by atoms with E-state index in [1.807, 2.05) is 12.3 Å². The van der Waals surface area contributed by atoms with Crippen molar-refractivity contribution in [3.63, 3.8) is 0 Å². The van der Waals surface area contributed by atoms with Gasteiger partial charge in [-0.15, -0.1) is 0 Å². The maximum Gasteiger partial charge on any atom is 0.0664 e. The van der Waals surface area contributed by atoms with Crippen molar-refractivity contribution in [3.8, 4) is 0 Å². The summed E-state index contributed by atoms with van der Waals surface area (Å²) in [6.45, 7) is 7.24. The highest BCUT2D eigenvalue weighted by molar-refractivity contribution is 5.72. The number of allylic oxidation sites excluding steroid dienone is 2. The van der Waals surface area contributed by atoms with E-state index in [1.54, 1.807) is 0 Å². The SMILES string of the molecule is CC1(C)[C@H]2C=C(c3ccccn3)[C@]1(C)CC2. The lowest BCUT2D eigenvalue weighted by Gasteiger charge is -2.37. The second-order valence-electron chi connectivity index (χ2n) is 5.99. The van der Waals surface area contributed by atoms with Crippen molar-refractivity contribution in [2.24, 2.45) is 16.7 Å². The van der Waals surface area contributed by atoms with Crippen LogP contribution in [0, 0.1) is 16.7 Å². The summed E-state index contributed by atoms with van der Waals surface area (Å²) in [7, 11) is 0. The Kier molecular flexibility index (Phi) is 1.87. The average Bonchev–Trinajstić information content (AvgIpc) is 2.62. The molecule has 0 spiro atoms. The maximum absolute atomic E-state index is 4.52.